The van der Waals surface area contributed by atoms with Crippen molar-refractivity contribution in [1.82, 2.24) is 35.2 Å². The summed E-state index contributed by atoms with van der Waals surface area (Å²) < 4.78 is 40.2. The number of carbonyl (C=O) groups is 2. The van der Waals surface area contributed by atoms with Crippen molar-refractivity contribution < 1.29 is 27.9 Å². The Bertz CT molecular complexity index is 1300. The van der Waals surface area contributed by atoms with Crippen molar-refractivity contribution in [3.8, 4) is 11.4 Å². The van der Waals surface area contributed by atoms with Crippen LogP contribution in [0.4, 0.5) is 23.7 Å². The molecule has 1 atom stereocenters. The number of aliphatic hydroxyl groups excluding tert-OH is 1. The number of nitrogens with zero attached hydrogens (tertiary/aromatic N) is 5. The molecule has 1 aliphatic heterocycles. The molecule has 3 aromatic heterocycles. The number of piperidine rings is 1. The van der Waals surface area contributed by atoms with Gasteiger partial charge in [0.05, 0.1) is 34.6 Å². The van der Waals surface area contributed by atoms with E-state index in [1.165, 1.54) is 25.5 Å². The van der Waals surface area contributed by atoms with Gasteiger partial charge in [-0.25, -0.2) is 4.79 Å². The number of fused-ring (bicyclic) bond motifs is 1. The van der Waals surface area contributed by atoms with Gasteiger partial charge in [-0.2, -0.15) is 23.4 Å². The van der Waals surface area contributed by atoms with Crippen LogP contribution in [0.15, 0.2) is 18.5 Å². The minimum absolute atomic E-state index is 0.0553. The molecule has 1 spiro atoms. The zero-order valence-electron chi connectivity index (χ0n) is 18.7. The second kappa shape index (κ2) is 8.22. The average Bonchev–Trinajstić information content (AvgIpc) is 3.24. The number of aromatic amines is 1. The number of rotatable bonds is 4. The van der Waals surface area contributed by atoms with Gasteiger partial charge < -0.3 is 20.6 Å². The first kappa shape index (κ1) is 23.1. The molecule has 4 heterocycles. The third kappa shape index (κ3) is 4.29. The molecule has 4 N–H and O–H groups in total. The average molecular weight is 492 g/mol. The molecule has 35 heavy (non-hydrogen) atoms. The van der Waals surface area contributed by atoms with Gasteiger partial charge in [-0.3, -0.25) is 19.6 Å². The van der Waals surface area contributed by atoms with Crippen LogP contribution in [0.1, 0.15) is 36.2 Å². The number of amides is 3. The van der Waals surface area contributed by atoms with Gasteiger partial charge >= 0.3 is 12.2 Å². The summed E-state index contributed by atoms with van der Waals surface area (Å²) in [6.07, 6.45) is 0.346. The lowest BCUT2D eigenvalue weighted by molar-refractivity contribution is -0.141. The molecule has 5 rings (SSSR count). The maximum Gasteiger partial charge on any atom is 0.408 e. The Morgan fingerprint density at radius 1 is 1.31 bits per heavy atom. The second-order valence-electron chi connectivity index (χ2n) is 8.90. The van der Waals surface area contributed by atoms with Crippen LogP contribution in [0.2, 0.25) is 0 Å². The van der Waals surface area contributed by atoms with Gasteiger partial charge in [0.25, 0.3) is 5.91 Å². The molecule has 1 saturated carbocycles. The first-order valence-electron chi connectivity index (χ1n) is 11.1. The number of hydrogen-bond donors (Lipinski definition) is 4. The minimum atomic E-state index is -4.56. The second-order valence-corrected chi connectivity index (χ2v) is 8.90. The van der Waals surface area contributed by atoms with Gasteiger partial charge in [0, 0.05) is 25.3 Å². The Morgan fingerprint density at radius 3 is 2.77 bits per heavy atom. The molecule has 0 radical (unpaired) electrons. The monoisotopic (exact) mass is 492 g/mol. The quantitative estimate of drug-likeness (QED) is 0.440. The number of alkyl halides is 3. The Kier molecular flexibility index (Phi) is 5.42. The van der Waals surface area contributed by atoms with Crippen LogP contribution < -0.4 is 10.6 Å². The van der Waals surface area contributed by atoms with Gasteiger partial charge in [0.2, 0.25) is 0 Å². The largest absolute Gasteiger partial charge is 0.408 e. The predicted octanol–water partition coefficient (Wildman–Crippen LogP) is 2.26. The van der Waals surface area contributed by atoms with E-state index in [1.807, 2.05) is 0 Å². The maximum absolute atomic E-state index is 13.2. The summed E-state index contributed by atoms with van der Waals surface area (Å²) in [7, 11) is 1.35. The third-order valence-corrected chi connectivity index (χ3v) is 6.49. The number of urea groups is 1. The maximum atomic E-state index is 13.2. The van der Waals surface area contributed by atoms with E-state index in [-0.39, 0.29) is 33.9 Å². The lowest BCUT2D eigenvalue weighted by Crippen LogP contribution is -2.51. The Hall–Kier alpha value is -3.68. The van der Waals surface area contributed by atoms with Crippen molar-refractivity contribution >= 4 is 28.5 Å². The summed E-state index contributed by atoms with van der Waals surface area (Å²) in [4.78, 5) is 31.2. The van der Waals surface area contributed by atoms with E-state index in [0.717, 1.165) is 12.8 Å². The number of nitrogens with one attached hydrogen (secondary N) is 3. The first-order chi connectivity index (χ1) is 16.6. The van der Waals surface area contributed by atoms with Gasteiger partial charge in [0.1, 0.15) is 12.2 Å². The van der Waals surface area contributed by atoms with E-state index in [9.17, 15) is 27.9 Å². The van der Waals surface area contributed by atoms with E-state index >= 15 is 0 Å². The Labute approximate surface area is 196 Å². The zero-order valence-corrected chi connectivity index (χ0v) is 18.7. The minimum Gasteiger partial charge on any atom is -0.393 e. The molecule has 0 aromatic carbocycles. The highest BCUT2D eigenvalue weighted by molar-refractivity contribution is 6.05. The topological polar surface area (TPSA) is 141 Å². The normalized spacial score (nSPS) is 19.2. The fourth-order valence-corrected chi connectivity index (χ4v) is 4.64. The highest BCUT2D eigenvalue weighted by Gasteiger charge is 2.53. The van der Waals surface area contributed by atoms with Gasteiger partial charge in [-0.05, 0) is 31.7 Å². The first-order valence-corrected chi connectivity index (χ1v) is 11.1. The summed E-state index contributed by atoms with van der Waals surface area (Å²) >= 11 is 0. The number of H-pyrrole nitrogens is 1. The molecule has 14 heteroatoms. The van der Waals surface area contributed by atoms with Crippen LogP contribution >= 0.6 is 0 Å². The lowest BCUT2D eigenvalue weighted by Gasteiger charge is -2.38. The number of likely N-dealkylation sites (tertiary alicyclic amines) is 1. The van der Waals surface area contributed by atoms with Gasteiger partial charge in [0.15, 0.2) is 5.69 Å². The van der Waals surface area contributed by atoms with Crippen molar-refractivity contribution in [2.45, 2.75) is 50.0 Å². The molecule has 3 aromatic rings. The van der Waals surface area contributed by atoms with Gasteiger partial charge in [-0.15, -0.1) is 0 Å². The summed E-state index contributed by atoms with van der Waals surface area (Å²) in [5.41, 5.74) is 0.363. The molecule has 11 nitrogen and oxygen atoms in total. The van der Waals surface area contributed by atoms with E-state index < -0.39 is 24.7 Å². The van der Waals surface area contributed by atoms with Crippen molar-refractivity contribution in [2.75, 3.05) is 18.9 Å². The third-order valence-electron chi connectivity index (χ3n) is 6.49. The summed E-state index contributed by atoms with van der Waals surface area (Å²) in [5, 5.41) is 25.9. The molecule has 2 fully saturated rings. The standard InChI is InChI=1S/C21H23F3N8O3/c1-25-18(34)16-12-8-26-13(6-15(12)32(30-16)10-21(22,23)24)17-14(9-27-29-17)28-19(35)31-5-2-11(33)7-20(31)3-4-20/h6,8-9,11,33H,2-5,7,10H2,1H3,(H,25,34)(H,27,29)(H,28,35). The van der Waals surface area contributed by atoms with Crippen molar-refractivity contribution in [1.29, 1.82) is 0 Å². The molecule has 3 amide bonds. The fourth-order valence-electron chi connectivity index (χ4n) is 4.64. The Balaban J connectivity index is 1.47. The zero-order chi connectivity index (χ0) is 25.0. The van der Waals surface area contributed by atoms with Gasteiger partial charge in [-0.1, -0.05) is 0 Å². The lowest BCUT2D eigenvalue weighted by atomic mass is 9.98. The summed E-state index contributed by atoms with van der Waals surface area (Å²) in [5.74, 6) is -0.638. The van der Waals surface area contributed by atoms with E-state index in [1.54, 1.807) is 4.90 Å². The summed E-state index contributed by atoms with van der Waals surface area (Å²) in [6.45, 7) is -0.970. The number of carbonyl (C=O) groups excluding carboxylic acids is 2. The van der Waals surface area contributed by atoms with E-state index in [4.69, 9.17) is 0 Å². The smallest absolute Gasteiger partial charge is 0.393 e. The molecule has 2 aliphatic rings. The summed E-state index contributed by atoms with van der Waals surface area (Å²) in [6, 6.07) is 1.02. The van der Waals surface area contributed by atoms with Crippen LogP contribution in [-0.4, -0.2) is 78.3 Å². The number of anilines is 1. The molecule has 1 unspecified atom stereocenters. The Morgan fingerprint density at radius 2 is 2.09 bits per heavy atom. The van der Waals surface area contributed by atoms with Crippen LogP contribution in [0.5, 0.6) is 0 Å². The van der Waals surface area contributed by atoms with Crippen LogP contribution in [0, 0.1) is 0 Å². The van der Waals surface area contributed by atoms with E-state index in [2.05, 4.69) is 30.9 Å². The number of aromatic nitrogens is 5. The highest BCUT2D eigenvalue weighted by atomic mass is 19.4. The predicted molar refractivity (Wildman–Crippen MR) is 117 cm³/mol. The molecular formula is C21H23F3N8O3. The molecule has 0 bridgehead atoms. The van der Waals surface area contributed by atoms with Crippen LogP contribution in [0.3, 0.4) is 0 Å². The van der Waals surface area contributed by atoms with Crippen LogP contribution in [0.25, 0.3) is 22.3 Å². The van der Waals surface area contributed by atoms with E-state index in [0.29, 0.717) is 35.4 Å². The number of aliphatic hydroxyl groups is 1. The number of pyridine rings is 1. The molecule has 186 valence electrons. The molecular weight excluding hydrogens is 469 g/mol. The molecule has 1 aliphatic carbocycles. The number of halogens is 3. The molecule has 1 saturated heterocycles. The number of hydrogen-bond acceptors (Lipinski definition) is 6. The van der Waals surface area contributed by atoms with Crippen molar-refractivity contribution in [3.63, 3.8) is 0 Å². The fraction of sp³-hybridized carbons (Fsp3) is 0.476. The van der Waals surface area contributed by atoms with Crippen LogP contribution in [-0.2, 0) is 6.54 Å². The van der Waals surface area contributed by atoms with Crippen molar-refractivity contribution in [3.05, 3.63) is 24.2 Å². The van der Waals surface area contributed by atoms with Crippen molar-refractivity contribution in [2.24, 2.45) is 0 Å². The SMILES string of the molecule is CNC(=O)c1nn(CC(F)(F)F)c2cc(-c3[nH]ncc3NC(=O)N3CCC(O)CC34CC4)ncc12. The highest BCUT2D eigenvalue weighted by Crippen LogP contribution is 2.48.